The normalized spacial score (nSPS) is 24.4. The minimum absolute atomic E-state index is 0.151. The Morgan fingerprint density at radius 3 is 2.45 bits per heavy atom. The Bertz CT molecular complexity index is 1180. The first-order chi connectivity index (χ1) is 19.1. The van der Waals surface area contributed by atoms with E-state index in [0.29, 0.717) is 29.5 Å². The SMILES string of the molecule is CC(C)c1ccccc1C1CN(Cc2cnn(C3CC3)c2)CCN1C1CC2(CCN(C(=O)OC(C)(C)C)CC2)C1. The van der Waals surface area contributed by atoms with Crippen LogP contribution in [0.4, 0.5) is 4.79 Å². The van der Waals surface area contributed by atoms with E-state index in [9.17, 15) is 4.79 Å². The quantitative estimate of drug-likeness (QED) is 0.420. The molecule has 2 aromatic rings. The highest BCUT2D eigenvalue weighted by atomic mass is 16.6. The minimum Gasteiger partial charge on any atom is -0.444 e. The summed E-state index contributed by atoms with van der Waals surface area (Å²) in [5.41, 5.74) is 4.29. The largest absolute Gasteiger partial charge is 0.444 e. The van der Waals surface area contributed by atoms with E-state index in [1.807, 2.05) is 25.7 Å². The first-order valence-corrected chi connectivity index (χ1v) is 15.7. The van der Waals surface area contributed by atoms with E-state index < -0.39 is 5.60 Å². The van der Waals surface area contributed by atoms with E-state index in [-0.39, 0.29) is 6.09 Å². The van der Waals surface area contributed by atoms with E-state index in [1.165, 1.54) is 42.4 Å². The summed E-state index contributed by atoms with van der Waals surface area (Å²) in [5.74, 6) is 0.509. The van der Waals surface area contributed by atoms with Crippen molar-refractivity contribution in [3.63, 3.8) is 0 Å². The van der Waals surface area contributed by atoms with Crippen molar-refractivity contribution in [3.8, 4) is 0 Å². The van der Waals surface area contributed by atoms with Gasteiger partial charge in [0.2, 0.25) is 0 Å². The lowest BCUT2D eigenvalue weighted by atomic mass is 9.59. The van der Waals surface area contributed by atoms with Gasteiger partial charge in [0, 0.05) is 63.1 Å². The molecule has 218 valence electrons. The summed E-state index contributed by atoms with van der Waals surface area (Å²) < 4.78 is 7.82. The molecular weight excluding hydrogens is 498 g/mol. The van der Waals surface area contributed by atoms with Crippen molar-refractivity contribution in [1.29, 1.82) is 0 Å². The molecule has 0 radical (unpaired) electrons. The number of likely N-dealkylation sites (tertiary alicyclic amines) is 1. The fourth-order valence-corrected chi connectivity index (χ4v) is 7.38. The summed E-state index contributed by atoms with van der Waals surface area (Å²) in [6, 6.07) is 10.8. The van der Waals surface area contributed by atoms with Crippen LogP contribution in [0.1, 0.15) is 108 Å². The Morgan fingerprint density at radius 2 is 1.77 bits per heavy atom. The van der Waals surface area contributed by atoms with Gasteiger partial charge in [-0.05, 0) is 81.8 Å². The summed E-state index contributed by atoms with van der Waals surface area (Å²) in [6.45, 7) is 16.4. The maximum atomic E-state index is 12.6. The summed E-state index contributed by atoms with van der Waals surface area (Å²) >= 11 is 0. The summed E-state index contributed by atoms with van der Waals surface area (Å²) in [5, 5.41) is 4.65. The molecule has 2 saturated heterocycles. The highest BCUT2D eigenvalue weighted by molar-refractivity contribution is 5.68. The van der Waals surface area contributed by atoms with Gasteiger partial charge in [0.05, 0.1) is 12.2 Å². The summed E-state index contributed by atoms with van der Waals surface area (Å²) in [7, 11) is 0. The molecule has 1 unspecified atom stereocenters. The molecule has 1 aromatic carbocycles. The lowest BCUT2D eigenvalue weighted by molar-refractivity contribution is -0.0782. The van der Waals surface area contributed by atoms with Crippen molar-refractivity contribution in [2.24, 2.45) is 5.41 Å². The van der Waals surface area contributed by atoms with Crippen molar-refractivity contribution in [1.82, 2.24) is 24.5 Å². The van der Waals surface area contributed by atoms with E-state index in [2.05, 4.69) is 70.1 Å². The smallest absolute Gasteiger partial charge is 0.410 e. The Morgan fingerprint density at radius 1 is 1.05 bits per heavy atom. The fourth-order valence-electron chi connectivity index (χ4n) is 7.38. The van der Waals surface area contributed by atoms with Crippen LogP contribution in [0.15, 0.2) is 36.7 Å². The van der Waals surface area contributed by atoms with Crippen LogP contribution in [0.3, 0.4) is 0 Å². The van der Waals surface area contributed by atoms with Gasteiger partial charge < -0.3 is 9.64 Å². The molecule has 7 heteroatoms. The van der Waals surface area contributed by atoms with Crippen molar-refractivity contribution in [3.05, 3.63) is 53.3 Å². The van der Waals surface area contributed by atoms with Gasteiger partial charge >= 0.3 is 6.09 Å². The third kappa shape index (κ3) is 5.96. The van der Waals surface area contributed by atoms with Gasteiger partial charge in [-0.15, -0.1) is 0 Å². The number of aromatic nitrogens is 2. The second-order valence-corrected chi connectivity index (χ2v) is 14.4. The number of hydrogen-bond acceptors (Lipinski definition) is 5. The number of benzene rings is 1. The summed E-state index contributed by atoms with van der Waals surface area (Å²) in [4.78, 5) is 20.0. The molecule has 1 amide bonds. The van der Waals surface area contributed by atoms with Gasteiger partial charge in [-0.2, -0.15) is 5.10 Å². The Kier molecular flexibility index (Phi) is 7.49. The number of hydrogen-bond donors (Lipinski definition) is 0. The second kappa shape index (κ2) is 10.8. The van der Waals surface area contributed by atoms with Crippen molar-refractivity contribution in [2.75, 3.05) is 32.7 Å². The molecule has 7 nitrogen and oxygen atoms in total. The molecule has 40 heavy (non-hydrogen) atoms. The molecule has 1 aromatic heterocycles. The average molecular weight is 548 g/mol. The van der Waals surface area contributed by atoms with Crippen molar-refractivity contribution < 1.29 is 9.53 Å². The molecule has 2 aliphatic carbocycles. The molecule has 1 spiro atoms. The molecule has 6 rings (SSSR count). The Balaban J connectivity index is 1.13. The maximum absolute atomic E-state index is 12.6. The Labute approximate surface area is 240 Å². The molecule has 3 heterocycles. The lowest BCUT2D eigenvalue weighted by Gasteiger charge is -2.58. The van der Waals surface area contributed by atoms with Gasteiger partial charge in [-0.3, -0.25) is 14.5 Å². The van der Waals surface area contributed by atoms with Crippen LogP contribution in [-0.2, 0) is 11.3 Å². The first-order valence-electron chi connectivity index (χ1n) is 15.7. The lowest BCUT2D eigenvalue weighted by Crippen LogP contribution is -2.60. The van der Waals surface area contributed by atoms with Crippen LogP contribution in [0.25, 0.3) is 0 Å². The van der Waals surface area contributed by atoms with E-state index in [0.717, 1.165) is 52.1 Å². The molecular formula is C33H49N5O2. The number of amides is 1. The zero-order valence-corrected chi connectivity index (χ0v) is 25.3. The van der Waals surface area contributed by atoms with E-state index in [1.54, 1.807) is 0 Å². The molecule has 4 aliphatic rings. The number of ether oxygens (including phenoxy) is 1. The zero-order valence-electron chi connectivity index (χ0n) is 25.3. The molecule has 4 fully saturated rings. The molecule has 2 aliphatic heterocycles. The third-order valence-corrected chi connectivity index (χ3v) is 9.75. The number of piperazine rings is 1. The number of piperidine rings is 1. The molecule has 2 saturated carbocycles. The van der Waals surface area contributed by atoms with Crippen LogP contribution in [0, 0.1) is 5.41 Å². The first kappa shape index (κ1) is 27.8. The molecule has 0 N–H and O–H groups in total. The summed E-state index contributed by atoms with van der Waals surface area (Å²) in [6.07, 6.45) is 11.5. The van der Waals surface area contributed by atoms with Crippen LogP contribution in [0.5, 0.6) is 0 Å². The average Bonchev–Trinajstić information content (AvgIpc) is 3.65. The number of rotatable bonds is 6. The monoisotopic (exact) mass is 547 g/mol. The van der Waals surface area contributed by atoms with Crippen molar-refractivity contribution >= 4 is 6.09 Å². The second-order valence-electron chi connectivity index (χ2n) is 14.4. The van der Waals surface area contributed by atoms with Gasteiger partial charge in [-0.1, -0.05) is 38.1 Å². The van der Waals surface area contributed by atoms with Gasteiger partial charge in [0.25, 0.3) is 0 Å². The Hall–Kier alpha value is -2.38. The highest BCUT2D eigenvalue weighted by Crippen LogP contribution is 2.53. The van der Waals surface area contributed by atoms with Crippen LogP contribution in [-0.4, -0.2) is 74.9 Å². The van der Waals surface area contributed by atoms with E-state index in [4.69, 9.17) is 4.74 Å². The predicted octanol–water partition coefficient (Wildman–Crippen LogP) is 6.38. The van der Waals surface area contributed by atoms with Gasteiger partial charge in [0.1, 0.15) is 5.60 Å². The van der Waals surface area contributed by atoms with Crippen LogP contribution >= 0.6 is 0 Å². The standard InChI is InChI=1S/C33H49N5O2/c1-24(2)28-8-6-7-9-29(28)30-23-35(21-25-20-34-38(22-25)26-10-11-26)16-17-37(30)27-18-33(19-27)12-14-36(15-13-33)31(39)40-32(3,4)5/h6-9,20,22,24,26-27,30H,10-19,21,23H2,1-5H3. The van der Waals surface area contributed by atoms with Crippen LogP contribution in [0.2, 0.25) is 0 Å². The van der Waals surface area contributed by atoms with Crippen LogP contribution < -0.4 is 0 Å². The topological polar surface area (TPSA) is 53.8 Å². The number of carbonyl (C=O) groups is 1. The van der Waals surface area contributed by atoms with Crippen molar-refractivity contribution in [2.45, 2.75) is 109 Å². The third-order valence-electron chi connectivity index (χ3n) is 9.75. The van der Waals surface area contributed by atoms with E-state index >= 15 is 0 Å². The highest BCUT2D eigenvalue weighted by Gasteiger charge is 2.50. The number of carbonyl (C=O) groups excluding carboxylic acids is 1. The minimum atomic E-state index is -0.436. The van der Waals surface area contributed by atoms with Gasteiger partial charge in [-0.25, -0.2) is 4.79 Å². The zero-order chi connectivity index (χ0) is 28.1. The molecule has 0 bridgehead atoms. The fraction of sp³-hybridized carbons (Fsp3) is 0.697. The molecule has 1 atom stereocenters. The predicted molar refractivity (Wildman–Crippen MR) is 158 cm³/mol. The number of nitrogens with zero attached hydrogens (tertiary/aromatic N) is 5. The maximum Gasteiger partial charge on any atom is 0.410 e. The van der Waals surface area contributed by atoms with Gasteiger partial charge in [0.15, 0.2) is 0 Å².